The quantitative estimate of drug-likeness (QED) is 0.901. The number of hydrogen-bond acceptors (Lipinski definition) is 3. The molecule has 1 saturated carbocycles. The Balaban J connectivity index is 1.58. The summed E-state index contributed by atoms with van der Waals surface area (Å²) < 4.78 is 5.47. The van der Waals surface area contributed by atoms with E-state index in [2.05, 4.69) is 5.32 Å². The third-order valence-electron chi connectivity index (χ3n) is 4.31. The first-order valence-electron chi connectivity index (χ1n) is 7.53. The summed E-state index contributed by atoms with van der Waals surface area (Å²) in [5.74, 6) is 0. The van der Waals surface area contributed by atoms with Gasteiger partial charge in [-0.05, 0) is 31.2 Å². The fraction of sp³-hybridized carbons (Fsp3) is 0.562. The van der Waals surface area contributed by atoms with Gasteiger partial charge in [0.2, 0.25) is 0 Å². The van der Waals surface area contributed by atoms with Crippen LogP contribution >= 0.6 is 0 Å². The second-order valence-corrected chi connectivity index (χ2v) is 5.71. The fourth-order valence-electron chi connectivity index (χ4n) is 3.25. The van der Waals surface area contributed by atoms with Crippen molar-refractivity contribution in [1.29, 1.82) is 0 Å². The van der Waals surface area contributed by atoms with Gasteiger partial charge in [-0.25, -0.2) is 4.79 Å². The van der Waals surface area contributed by atoms with E-state index >= 15 is 0 Å². The summed E-state index contributed by atoms with van der Waals surface area (Å²) in [6.07, 6.45) is 4.45. The Kier molecular flexibility index (Phi) is 4.21. The molecule has 4 nitrogen and oxygen atoms in total. The summed E-state index contributed by atoms with van der Waals surface area (Å²) >= 11 is 0. The molecule has 2 aliphatic rings. The van der Waals surface area contributed by atoms with E-state index in [1.54, 1.807) is 0 Å². The lowest BCUT2D eigenvalue weighted by molar-refractivity contribution is 0.0767. The Labute approximate surface area is 120 Å². The van der Waals surface area contributed by atoms with Gasteiger partial charge in [-0.15, -0.1) is 0 Å². The van der Waals surface area contributed by atoms with Crippen LogP contribution < -0.4 is 5.32 Å². The average molecular weight is 274 g/mol. The van der Waals surface area contributed by atoms with Crippen LogP contribution in [0.1, 0.15) is 31.2 Å². The van der Waals surface area contributed by atoms with Crippen LogP contribution in [0, 0.1) is 0 Å². The summed E-state index contributed by atoms with van der Waals surface area (Å²) in [6, 6.07) is 10.8. The SMILES string of the molecule is O=C(OCc1ccccc1)N1CCNC2CCCC1C2. The van der Waals surface area contributed by atoms with Crippen LogP contribution in [0.2, 0.25) is 0 Å². The van der Waals surface area contributed by atoms with Gasteiger partial charge in [-0.2, -0.15) is 0 Å². The Morgan fingerprint density at radius 2 is 2.15 bits per heavy atom. The molecule has 2 fully saturated rings. The molecule has 0 radical (unpaired) electrons. The molecule has 1 heterocycles. The van der Waals surface area contributed by atoms with E-state index in [0.717, 1.165) is 31.5 Å². The largest absolute Gasteiger partial charge is 0.445 e. The molecule has 3 rings (SSSR count). The molecular weight excluding hydrogens is 252 g/mol. The lowest BCUT2D eigenvalue weighted by Crippen LogP contribution is -2.42. The topological polar surface area (TPSA) is 41.6 Å². The van der Waals surface area contributed by atoms with E-state index < -0.39 is 0 Å². The highest BCUT2D eigenvalue weighted by atomic mass is 16.6. The van der Waals surface area contributed by atoms with E-state index in [4.69, 9.17) is 4.74 Å². The molecule has 1 aromatic rings. The summed E-state index contributed by atoms with van der Waals surface area (Å²) in [4.78, 5) is 14.2. The summed E-state index contributed by atoms with van der Waals surface area (Å²) in [5, 5.41) is 3.52. The number of carbonyl (C=O) groups is 1. The molecule has 1 aliphatic heterocycles. The van der Waals surface area contributed by atoms with Gasteiger partial charge in [0.1, 0.15) is 6.61 Å². The molecule has 1 amide bonds. The first kappa shape index (κ1) is 13.4. The van der Waals surface area contributed by atoms with Crippen molar-refractivity contribution < 1.29 is 9.53 Å². The lowest BCUT2D eigenvalue weighted by atomic mass is 9.91. The third-order valence-corrected chi connectivity index (χ3v) is 4.31. The van der Waals surface area contributed by atoms with Crippen LogP contribution in [0.3, 0.4) is 0 Å². The number of amides is 1. The number of nitrogens with zero attached hydrogens (tertiary/aromatic N) is 1. The van der Waals surface area contributed by atoms with Crippen molar-refractivity contribution in [3.63, 3.8) is 0 Å². The molecule has 0 aromatic heterocycles. The van der Waals surface area contributed by atoms with Crippen LogP contribution in [-0.2, 0) is 11.3 Å². The normalized spacial score (nSPS) is 25.9. The molecule has 1 N–H and O–H groups in total. The smallest absolute Gasteiger partial charge is 0.410 e. The Morgan fingerprint density at radius 3 is 3.00 bits per heavy atom. The van der Waals surface area contributed by atoms with Gasteiger partial charge in [-0.3, -0.25) is 0 Å². The molecule has 1 saturated heterocycles. The van der Waals surface area contributed by atoms with Crippen molar-refractivity contribution in [2.45, 2.75) is 44.4 Å². The zero-order chi connectivity index (χ0) is 13.8. The second-order valence-electron chi connectivity index (χ2n) is 5.71. The predicted octanol–water partition coefficient (Wildman–Crippen LogP) is 2.54. The van der Waals surface area contributed by atoms with E-state index in [1.807, 2.05) is 35.2 Å². The van der Waals surface area contributed by atoms with Crippen molar-refractivity contribution >= 4 is 6.09 Å². The van der Waals surface area contributed by atoms with Crippen molar-refractivity contribution in [3.05, 3.63) is 35.9 Å². The van der Waals surface area contributed by atoms with E-state index in [-0.39, 0.29) is 6.09 Å². The van der Waals surface area contributed by atoms with Gasteiger partial charge >= 0.3 is 6.09 Å². The van der Waals surface area contributed by atoms with Crippen molar-refractivity contribution in [3.8, 4) is 0 Å². The van der Waals surface area contributed by atoms with Gasteiger partial charge < -0.3 is 15.0 Å². The summed E-state index contributed by atoms with van der Waals surface area (Å²) in [6.45, 7) is 2.00. The summed E-state index contributed by atoms with van der Waals surface area (Å²) in [5.41, 5.74) is 1.04. The molecule has 2 bridgehead atoms. The minimum absolute atomic E-state index is 0.164. The van der Waals surface area contributed by atoms with E-state index in [1.165, 1.54) is 12.8 Å². The number of hydrogen-bond donors (Lipinski definition) is 1. The fourth-order valence-corrected chi connectivity index (χ4v) is 3.25. The highest BCUT2D eigenvalue weighted by Crippen LogP contribution is 2.25. The molecule has 2 atom stereocenters. The minimum Gasteiger partial charge on any atom is -0.445 e. The zero-order valence-electron chi connectivity index (χ0n) is 11.8. The van der Waals surface area contributed by atoms with Crippen LogP contribution in [0.25, 0.3) is 0 Å². The van der Waals surface area contributed by atoms with Gasteiger partial charge in [-0.1, -0.05) is 30.3 Å². The van der Waals surface area contributed by atoms with Crippen molar-refractivity contribution in [1.82, 2.24) is 10.2 Å². The predicted molar refractivity (Wildman–Crippen MR) is 77.4 cm³/mol. The van der Waals surface area contributed by atoms with Crippen LogP contribution in [-0.4, -0.2) is 36.2 Å². The number of carbonyl (C=O) groups excluding carboxylic acids is 1. The summed E-state index contributed by atoms with van der Waals surface area (Å²) in [7, 11) is 0. The Hall–Kier alpha value is -1.55. The van der Waals surface area contributed by atoms with Crippen LogP contribution in [0.15, 0.2) is 30.3 Å². The number of benzene rings is 1. The van der Waals surface area contributed by atoms with Gasteiger partial charge in [0.25, 0.3) is 0 Å². The minimum atomic E-state index is -0.164. The monoisotopic (exact) mass is 274 g/mol. The molecule has 4 heteroatoms. The highest BCUT2D eigenvalue weighted by molar-refractivity contribution is 5.68. The molecule has 1 aliphatic carbocycles. The maximum Gasteiger partial charge on any atom is 0.410 e. The standard InChI is InChI=1S/C16H22N2O2/c19-16(20-12-13-5-2-1-3-6-13)18-10-9-17-14-7-4-8-15(18)11-14/h1-3,5-6,14-15,17H,4,7-12H2. The van der Waals surface area contributed by atoms with Gasteiger partial charge in [0.15, 0.2) is 0 Å². The maximum absolute atomic E-state index is 12.3. The first-order valence-corrected chi connectivity index (χ1v) is 7.53. The third kappa shape index (κ3) is 3.12. The Morgan fingerprint density at radius 1 is 1.30 bits per heavy atom. The number of fused-ring (bicyclic) bond motifs is 2. The zero-order valence-corrected chi connectivity index (χ0v) is 11.8. The van der Waals surface area contributed by atoms with Gasteiger partial charge in [0, 0.05) is 25.2 Å². The van der Waals surface area contributed by atoms with Gasteiger partial charge in [0.05, 0.1) is 0 Å². The van der Waals surface area contributed by atoms with E-state index in [0.29, 0.717) is 18.7 Å². The number of ether oxygens (including phenoxy) is 1. The first-order chi connectivity index (χ1) is 9.83. The molecule has 108 valence electrons. The van der Waals surface area contributed by atoms with Crippen molar-refractivity contribution in [2.75, 3.05) is 13.1 Å². The second kappa shape index (κ2) is 6.27. The van der Waals surface area contributed by atoms with E-state index in [9.17, 15) is 4.79 Å². The lowest BCUT2D eigenvalue weighted by Gasteiger charge is -2.33. The Bertz CT molecular complexity index is 449. The van der Waals surface area contributed by atoms with Crippen molar-refractivity contribution in [2.24, 2.45) is 0 Å². The molecule has 20 heavy (non-hydrogen) atoms. The molecule has 0 spiro atoms. The highest BCUT2D eigenvalue weighted by Gasteiger charge is 2.32. The number of rotatable bonds is 2. The molecule has 1 aromatic carbocycles. The average Bonchev–Trinajstić information content (AvgIpc) is 2.64. The molecule has 2 unspecified atom stereocenters. The van der Waals surface area contributed by atoms with Crippen LogP contribution in [0.5, 0.6) is 0 Å². The molecular formula is C16H22N2O2. The maximum atomic E-state index is 12.3. The van der Waals surface area contributed by atoms with Crippen LogP contribution in [0.4, 0.5) is 4.79 Å². The number of nitrogens with one attached hydrogen (secondary N) is 1.